The lowest BCUT2D eigenvalue weighted by atomic mass is 9.95. The molecule has 2 N–H and O–H groups in total. The van der Waals surface area contributed by atoms with Crippen molar-refractivity contribution in [2.75, 3.05) is 25.0 Å². The molecule has 2 aromatic carbocycles. The number of amides is 2. The number of rotatable bonds is 7. The number of nitrogens with one attached hydrogen (secondary N) is 2. The van der Waals surface area contributed by atoms with E-state index in [1.807, 2.05) is 18.2 Å². The third kappa shape index (κ3) is 5.63. The second kappa shape index (κ2) is 10.6. The number of para-hydroxylation sites is 1. The number of nitrogens with zero attached hydrogens (tertiary/aromatic N) is 1. The van der Waals surface area contributed by atoms with Crippen molar-refractivity contribution in [1.82, 2.24) is 10.2 Å². The van der Waals surface area contributed by atoms with E-state index < -0.39 is 0 Å². The van der Waals surface area contributed by atoms with Gasteiger partial charge in [0.1, 0.15) is 0 Å². The van der Waals surface area contributed by atoms with Crippen molar-refractivity contribution < 1.29 is 9.59 Å². The number of benzene rings is 2. The van der Waals surface area contributed by atoms with Crippen molar-refractivity contribution in [2.45, 2.75) is 19.4 Å². The summed E-state index contributed by atoms with van der Waals surface area (Å²) in [6, 6.07) is 12.5. The topological polar surface area (TPSA) is 61.4 Å². The van der Waals surface area contributed by atoms with Gasteiger partial charge in [0.15, 0.2) is 0 Å². The zero-order chi connectivity index (χ0) is 21.5. The fourth-order valence-electron chi connectivity index (χ4n) is 3.55. The van der Waals surface area contributed by atoms with Crippen LogP contribution in [-0.2, 0) is 11.3 Å². The summed E-state index contributed by atoms with van der Waals surface area (Å²) in [5.74, 6) is -0.404. The molecular weight excluding hydrogens is 421 g/mol. The maximum atomic E-state index is 12.8. The lowest BCUT2D eigenvalue weighted by Crippen LogP contribution is -2.38. The van der Waals surface area contributed by atoms with Crippen LogP contribution < -0.4 is 10.6 Å². The maximum Gasteiger partial charge on any atom is 0.253 e. The Labute approximate surface area is 187 Å². The van der Waals surface area contributed by atoms with Crippen LogP contribution >= 0.6 is 23.2 Å². The van der Waals surface area contributed by atoms with E-state index in [1.54, 1.807) is 30.3 Å². The van der Waals surface area contributed by atoms with Gasteiger partial charge in [-0.2, -0.15) is 0 Å². The summed E-state index contributed by atoms with van der Waals surface area (Å²) in [5, 5.41) is 7.00. The molecule has 0 saturated carbocycles. The van der Waals surface area contributed by atoms with Crippen LogP contribution in [0.4, 0.5) is 5.69 Å². The van der Waals surface area contributed by atoms with Crippen LogP contribution in [-0.4, -0.2) is 36.3 Å². The summed E-state index contributed by atoms with van der Waals surface area (Å²) in [7, 11) is 0. The van der Waals surface area contributed by atoms with Crippen molar-refractivity contribution in [2.24, 2.45) is 5.92 Å². The summed E-state index contributed by atoms with van der Waals surface area (Å²) >= 11 is 12.6. The first kappa shape index (κ1) is 22.3. The van der Waals surface area contributed by atoms with Gasteiger partial charge in [-0.3, -0.25) is 14.5 Å². The number of hydrogen-bond donors (Lipinski definition) is 2. The highest BCUT2D eigenvalue weighted by Gasteiger charge is 2.26. The average Bonchev–Trinajstić information content (AvgIpc) is 2.75. The van der Waals surface area contributed by atoms with Crippen LogP contribution in [0.2, 0.25) is 10.0 Å². The average molecular weight is 446 g/mol. The van der Waals surface area contributed by atoms with Gasteiger partial charge in [0, 0.05) is 34.6 Å². The third-order valence-electron chi connectivity index (χ3n) is 5.24. The molecule has 1 aliphatic heterocycles. The molecule has 30 heavy (non-hydrogen) atoms. The molecule has 1 aliphatic rings. The Morgan fingerprint density at radius 1 is 1.07 bits per heavy atom. The lowest BCUT2D eigenvalue weighted by Gasteiger charge is -2.31. The van der Waals surface area contributed by atoms with Crippen molar-refractivity contribution in [1.29, 1.82) is 0 Å². The minimum Gasteiger partial charge on any atom is -0.349 e. The van der Waals surface area contributed by atoms with Crippen LogP contribution in [0.3, 0.4) is 0 Å². The Morgan fingerprint density at radius 2 is 1.73 bits per heavy atom. The number of halogens is 2. The van der Waals surface area contributed by atoms with Crippen LogP contribution in [0, 0.1) is 5.92 Å². The second-order valence-corrected chi connectivity index (χ2v) is 8.10. The fraction of sp³-hybridized carbons (Fsp3) is 0.304. The van der Waals surface area contributed by atoms with Gasteiger partial charge in [-0.05, 0) is 50.2 Å². The van der Waals surface area contributed by atoms with E-state index in [0.29, 0.717) is 34.4 Å². The Morgan fingerprint density at radius 3 is 2.40 bits per heavy atom. The first-order chi connectivity index (χ1) is 14.5. The molecule has 0 aromatic heterocycles. The van der Waals surface area contributed by atoms with Gasteiger partial charge < -0.3 is 10.6 Å². The molecule has 2 aromatic rings. The summed E-state index contributed by atoms with van der Waals surface area (Å²) < 4.78 is 0. The highest BCUT2D eigenvalue weighted by molar-refractivity contribution is 6.35. The van der Waals surface area contributed by atoms with Crippen molar-refractivity contribution in [3.63, 3.8) is 0 Å². The zero-order valence-electron chi connectivity index (χ0n) is 16.7. The fourth-order valence-corrected chi connectivity index (χ4v) is 4.06. The molecule has 0 atom stereocenters. The van der Waals surface area contributed by atoms with Crippen molar-refractivity contribution in [3.05, 3.63) is 76.3 Å². The number of hydrogen-bond acceptors (Lipinski definition) is 3. The second-order valence-electron chi connectivity index (χ2n) is 7.28. The monoisotopic (exact) mass is 445 g/mol. The standard InChI is InChI=1S/C23H25Cl2N3O2/c1-2-12-26-23(30)17-6-3-4-9-21(17)27-22(29)16-10-13-28(14-11-16)15-18-19(24)7-5-8-20(18)25/h2-9,16H,1,10-15H2,(H,26,30)(H,27,29). The summed E-state index contributed by atoms with van der Waals surface area (Å²) in [5.41, 5.74) is 1.89. The van der Waals surface area contributed by atoms with E-state index in [1.165, 1.54) is 0 Å². The van der Waals surface area contributed by atoms with Gasteiger partial charge in [-0.1, -0.05) is 47.5 Å². The molecule has 0 unspecified atom stereocenters. The molecule has 0 radical (unpaired) electrons. The highest BCUT2D eigenvalue weighted by atomic mass is 35.5. The number of carbonyl (C=O) groups is 2. The molecule has 158 valence electrons. The van der Waals surface area contributed by atoms with E-state index in [-0.39, 0.29) is 17.7 Å². The predicted octanol–water partition coefficient (Wildman–Crippen LogP) is 4.76. The number of piperidine rings is 1. The van der Waals surface area contributed by atoms with E-state index in [2.05, 4.69) is 22.1 Å². The maximum absolute atomic E-state index is 12.8. The van der Waals surface area contributed by atoms with E-state index in [9.17, 15) is 9.59 Å². The Hall–Kier alpha value is -2.34. The van der Waals surface area contributed by atoms with Gasteiger partial charge in [-0.25, -0.2) is 0 Å². The minimum absolute atomic E-state index is 0.0607. The molecular formula is C23H25Cl2N3O2. The predicted molar refractivity (Wildman–Crippen MR) is 122 cm³/mol. The van der Waals surface area contributed by atoms with Crippen LogP contribution in [0.1, 0.15) is 28.8 Å². The van der Waals surface area contributed by atoms with Crippen LogP contribution in [0.15, 0.2) is 55.1 Å². The quantitative estimate of drug-likeness (QED) is 0.603. The summed E-state index contributed by atoms with van der Waals surface area (Å²) in [6.45, 7) is 6.19. The van der Waals surface area contributed by atoms with Gasteiger partial charge in [0.2, 0.25) is 5.91 Å². The molecule has 1 heterocycles. The van der Waals surface area contributed by atoms with Gasteiger partial charge in [-0.15, -0.1) is 6.58 Å². The van der Waals surface area contributed by atoms with Crippen molar-refractivity contribution >= 4 is 40.7 Å². The molecule has 0 aliphatic carbocycles. The zero-order valence-corrected chi connectivity index (χ0v) is 18.2. The van der Waals surface area contributed by atoms with Gasteiger partial charge in [0.25, 0.3) is 5.91 Å². The summed E-state index contributed by atoms with van der Waals surface area (Å²) in [6.07, 6.45) is 3.08. The molecule has 7 heteroatoms. The number of likely N-dealkylation sites (tertiary alicyclic amines) is 1. The molecule has 0 bridgehead atoms. The largest absolute Gasteiger partial charge is 0.349 e. The molecule has 2 amide bonds. The van der Waals surface area contributed by atoms with E-state index >= 15 is 0 Å². The van der Waals surface area contributed by atoms with Crippen LogP contribution in [0.25, 0.3) is 0 Å². The first-order valence-corrected chi connectivity index (χ1v) is 10.7. The molecule has 1 fully saturated rings. The molecule has 1 saturated heterocycles. The van der Waals surface area contributed by atoms with E-state index in [0.717, 1.165) is 31.5 Å². The Kier molecular flexibility index (Phi) is 7.91. The molecule has 3 rings (SSSR count). The Bertz CT molecular complexity index is 904. The number of anilines is 1. The third-order valence-corrected chi connectivity index (χ3v) is 5.95. The Balaban J connectivity index is 1.57. The lowest BCUT2D eigenvalue weighted by molar-refractivity contribution is -0.121. The van der Waals surface area contributed by atoms with Crippen molar-refractivity contribution in [3.8, 4) is 0 Å². The van der Waals surface area contributed by atoms with Crippen LogP contribution in [0.5, 0.6) is 0 Å². The highest BCUT2D eigenvalue weighted by Crippen LogP contribution is 2.28. The van der Waals surface area contributed by atoms with Gasteiger partial charge >= 0.3 is 0 Å². The molecule has 0 spiro atoms. The van der Waals surface area contributed by atoms with Gasteiger partial charge in [0.05, 0.1) is 11.3 Å². The van der Waals surface area contributed by atoms with E-state index in [4.69, 9.17) is 23.2 Å². The first-order valence-electron chi connectivity index (χ1n) is 9.94. The minimum atomic E-state index is -0.239. The molecule has 5 nitrogen and oxygen atoms in total. The number of carbonyl (C=O) groups excluding carboxylic acids is 2. The smallest absolute Gasteiger partial charge is 0.253 e. The summed E-state index contributed by atoms with van der Waals surface area (Å²) in [4.78, 5) is 27.4. The SMILES string of the molecule is C=CCNC(=O)c1ccccc1NC(=O)C1CCN(Cc2c(Cl)cccc2Cl)CC1. The normalized spacial score (nSPS) is 14.9.